The molecule has 0 spiro atoms. The maximum absolute atomic E-state index is 14.7. The van der Waals surface area contributed by atoms with Crippen LogP contribution in [0.25, 0.3) is 0 Å². The summed E-state index contributed by atoms with van der Waals surface area (Å²) in [6, 6.07) is 2.02. The Labute approximate surface area is 264 Å². The van der Waals surface area contributed by atoms with Crippen LogP contribution in [0.2, 0.25) is 0 Å². The molecule has 8 nitrogen and oxygen atoms in total. The number of ether oxygens (including phenoxy) is 2. The summed E-state index contributed by atoms with van der Waals surface area (Å²) < 4.78 is 10.7. The van der Waals surface area contributed by atoms with Crippen molar-refractivity contribution in [1.82, 2.24) is 10.2 Å². The Morgan fingerprint density at radius 1 is 1.05 bits per heavy atom. The number of nitriles is 1. The van der Waals surface area contributed by atoms with Gasteiger partial charge in [0.15, 0.2) is 17.9 Å². The molecule has 8 heteroatoms. The number of nitrogens with one attached hydrogen (secondary N) is 1. The van der Waals surface area contributed by atoms with Crippen LogP contribution in [0, 0.1) is 56.2 Å². The Morgan fingerprint density at radius 2 is 1.68 bits per heavy atom. The average molecular weight is 608 g/mol. The highest BCUT2D eigenvalue weighted by atomic mass is 16.7. The number of allylic oxidation sites excluding steroid dienone is 4. The molecule has 7 atom stereocenters. The van der Waals surface area contributed by atoms with Crippen LogP contribution in [0.5, 0.6) is 0 Å². The summed E-state index contributed by atoms with van der Waals surface area (Å²) in [5.41, 5.74) is -0.989. The van der Waals surface area contributed by atoms with E-state index in [1.54, 1.807) is 26.2 Å². The number of carbonyl (C=O) groups is 3. The highest BCUT2D eigenvalue weighted by Crippen LogP contribution is 2.73. The van der Waals surface area contributed by atoms with Crippen LogP contribution in [-0.4, -0.2) is 62.1 Å². The highest BCUT2D eigenvalue weighted by Gasteiger charge is 2.70. The molecule has 0 saturated heterocycles. The van der Waals surface area contributed by atoms with E-state index in [9.17, 15) is 19.6 Å². The number of Topliss-reactive ketones (excluding diaryl/α,β-unsaturated/α-hetero) is 1. The van der Waals surface area contributed by atoms with Crippen molar-refractivity contribution >= 4 is 17.6 Å². The Morgan fingerprint density at radius 3 is 2.30 bits per heavy atom. The second-order valence-corrected chi connectivity index (χ2v) is 16.6. The number of fused-ring (bicyclic) bond motifs is 7. The molecular formula is C36H53N3O5. The molecule has 0 aromatic rings. The van der Waals surface area contributed by atoms with Gasteiger partial charge in [-0.2, -0.15) is 5.26 Å². The number of ketones is 2. The molecule has 0 aliphatic heterocycles. The van der Waals surface area contributed by atoms with Crippen LogP contribution < -0.4 is 5.32 Å². The molecular weight excluding hydrogens is 554 g/mol. The van der Waals surface area contributed by atoms with Gasteiger partial charge in [0, 0.05) is 43.6 Å². The molecule has 5 rings (SSSR count). The monoisotopic (exact) mass is 607 g/mol. The van der Waals surface area contributed by atoms with Gasteiger partial charge in [-0.05, 0) is 79.1 Å². The second-order valence-electron chi connectivity index (χ2n) is 16.6. The zero-order chi connectivity index (χ0) is 32.7. The first-order valence-corrected chi connectivity index (χ1v) is 16.4. The zero-order valence-corrected chi connectivity index (χ0v) is 28.6. The topological polar surface area (TPSA) is 109 Å². The van der Waals surface area contributed by atoms with Crippen molar-refractivity contribution in [2.75, 3.05) is 27.8 Å². The minimum atomic E-state index is -0.687. The van der Waals surface area contributed by atoms with Crippen molar-refractivity contribution in [1.29, 1.82) is 5.26 Å². The highest BCUT2D eigenvalue weighted by molar-refractivity contribution is 6.04. The number of likely N-dealkylation sites (N-methyl/N-ethyl adjacent to an activating group) is 1. The molecule has 242 valence electrons. The number of hydrogen-bond donors (Lipinski definition) is 1. The van der Waals surface area contributed by atoms with Crippen LogP contribution in [0.15, 0.2) is 23.3 Å². The number of carbonyl (C=O) groups excluding carboxylic acids is 3. The lowest BCUT2D eigenvalue weighted by molar-refractivity contribution is -0.160. The van der Waals surface area contributed by atoms with E-state index >= 15 is 0 Å². The number of nitrogens with zero attached hydrogens (tertiary/aromatic N) is 2. The van der Waals surface area contributed by atoms with E-state index in [0.29, 0.717) is 6.54 Å². The van der Waals surface area contributed by atoms with Gasteiger partial charge in [-0.1, -0.05) is 60.1 Å². The molecule has 5 aliphatic rings. The molecule has 0 aromatic heterocycles. The van der Waals surface area contributed by atoms with Crippen molar-refractivity contribution in [2.24, 2.45) is 44.8 Å². The lowest BCUT2D eigenvalue weighted by Crippen LogP contribution is -2.70. The van der Waals surface area contributed by atoms with Crippen molar-refractivity contribution in [2.45, 2.75) is 105 Å². The number of amides is 2. The predicted molar refractivity (Wildman–Crippen MR) is 168 cm³/mol. The standard InChI is InChI=1S/C36H53N3O5/c1-31(2)13-15-36(38-30(42)39(8)21-27(43-9)44-10)16-14-35(7)28(23(36)19-31)24(40)17-26-33(5)18-22(20-37)29(41)32(3,4)25(33)11-12-34(26,35)6/h17-18,23,25,27-28H,11-16,19,21H2,1-10H3,(H,38,42)/t23-,25-,28-,33-,34+,35+,36-/m0/s1. The number of hydrogen-bond acceptors (Lipinski definition) is 6. The third-order valence-electron chi connectivity index (χ3n) is 13.5. The summed E-state index contributed by atoms with van der Waals surface area (Å²) in [7, 11) is 4.88. The molecule has 0 heterocycles. The summed E-state index contributed by atoms with van der Waals surface area (Å²) in [5.74, 6) is -0.186. The van der Waals surface area contributed by atoms with E-state index in [4.69, 9.17) is 9.47 Å². The van der Waals surface area contributed by atoms with Crippen LogP contribution in [-0.2, 0) is 19.1 Å². The normalized spacial score (nSPS) is 40.4. The van der Waals surface area contributed by atoms with E-state index in [-0.39, 0.29) is 57.2 Å². The van der Waals surface area contributed by atoms with Gasteiger partial charge in [0.1, 0.15) is 6.07 Å². The molecule has 44 heavy (non-hydrogen) atoms. The molecule has 0 unspecified atom stereocenters. The quantitative estimate of drug-likeness (QED) is 0.372. The first-order valence-electron chi connectivity index (χ1n) is 16.4. The van der Waals surface area contributed by atoms with Gasteiger partial charge in [0.25, 0.3) is 0 Å². The van der Waals surface area contributed by atoms with Crippen molar-refractivity contribution in [3.05, 3.63) is 23.3 Å². The van der Waals surface area contributed by atoms with E-state index < -0.39 is 22.7 Å². The van der Waals surface area contributed by atoms with Crippen LogP contribution in [0.1, 0.15) is 93.4 Å². The molecule has 5 aliphatic carbocycles. The maximum atomic E-state index is 14.7. The summed E-state index contributed by atoms with van der Waals surface area (Å²) in [5, 5.41) is 13.4. The van der Waals surface area contributed by atoms with Gasteiger partial charge >= 0.3 is 6.03 Å². The first kappa shape index (κ1) is 32.9. The van der Waals surface area contributed by atoms with Gasteiger partial charge in [0.2, 0.25) is 0 Å². The summed E-state index contributed by atoms with van der Waals surface area (Å²) in [6.45, 7) is 15.6. The lowest BCUT2D eigenvalue weighted by atomic mass is 9.35. The smallest absolute Gasteiger partial charge is 0.317 e. The van der Waals surface area contributed by atoms with Crippen molar-refractivity contribution in [3.8, 4) is 6.07 Å². The van der Waals surface area contributed by atoms with Gasteiger partial charge in [0.05, 0.1) is 12.1 Å². The summed E-state index contributed by atoms with van der Waals surface area (Å²) >= 11 is 0. The molecule has 0 bridgehead atoms. The number of methoxy groups -OCH3 is 2. The fraction of sp³-hybridized carbons (Fsp3) is 0.778. The molecule has 2 amide bonds. The molecule has 3 fully saturated rings. The zero-order valence-electron chi connectivity index (χ0n) is 28.6. The minimum Gasteiger partial charge on any atom is -0.354 e. The Balaban J connectivity index is 1.58. The first-order chi connectivity index (χ1) is 20.4. The fourth-order valence-electron chi connectivity index (χ4n) is 10.7. The second kappa shape index (κ2) is 10.5. The Bertz CT molecular complexity index is 1350. The third kappa shape index (κ3) is 4.54. The number of urea groups is 1. The van der Waals surface area contributed by atoms with Crippen molar-refractivity contribution in [3.63, 3.8) is 0 Å². The summed E-state index contributed by atoms with van der Waals surface area (Å²) in [6.07, 6.45) is 9.33. The van der Waals surface area contributed by atoms with Crippen LogP contribution in [0.3, 0.4) is 0 Å². The Kier molecular flexibility index (Phi) is 7.86. The SMILES string of the molecule is COC(CN(C)C(=O)N[C@]12CCC(C)(C)C[C@H]1[C@H]1C(=O)C=C3[C@@]4(C)C=C(C#N)C(=O)C(C)(C)[C@@H]4CC[C@@]3(C)[C@]1(C)CC2)OC. The van der Waals surface area contributed by atoms with Crippen molar-refractivity contribution < 1.29 is 23.9 Å². The van der Waals surface area contributed by atoms with E-state index in [2.05, 4.69) is 46.0 Å². The molecule has 0 aromatic carbocycles. The van der Waals surface area contributed by atoms with Gasteiger partial charge in [-0.15, -0.1) is 0 Å². The largest absolute Gasteiger partial charge is 0.354 e. The molecule has 3 saturated carbocycles. The third-order valence-corrected chi connectivity index (χ3v) is 13.5. The molecule has 1 N–H and O–H groups in total. The summed E-state index contributed by atoms with van der Waals surface area (Å²) in [4.78, 5) is 43.3. The van der Waals surface area contributed by atoms with E-state index in [1.807, 2.05) is 26.0 Å². The van der Waals surface area contributed by atoms with Gasteiger partial charge in [-0.25, -0.2) is 4.79 Å². The van der Waals surface area contributed by atoms with Gasteiger partial charge < -0.3 is 19.7 Å². The van der Waals surface area contributed by atoms with Crippen LogP contribution >= 0.6 is 0 Å². The van der Waals surface area contributed by atoms with E-state index in [0.717, 1.165) is 50.5 Å². The van der Waals surface area contributed by atoms with Gasteiger partial charge in [-0.3, -0.25) is 9.59 Å². The van der Waals surface area contributed by atoms with E-state index in [1.165, 1.54) is 0 Å². The minimum absolute atomic E-state index is 0.00904. The maximum Gasteiger partial charge on any atom is 0.317 e. The lowest BCUT2D eigenvalue weighted by Gasteiger charge is -2.69. The van der Waals surface area contributed by atoms with Crippen LogP contribution in [0.4, 0.5) is 4.79 Å². The fourth-order valence-corrected chi connectivity index (χ4v) is 10.7. The molecule has 0 radical (unpaired) electrons. The average Bonchev–Trinajstić information content (AvgIpc) is 2.95. The number of rotatable bonds is 5. The Hall–Kier alpha value is -2.50. The predicted octanol–water partition coefficient (Wildman–Crippen LogP) is 6.22.